The molecule has 2 bridgehead atoms. The van der Waals surface area contributed by atoms with E-state index in [4.69, 9.17) is 0 Å². The molecule has 0 aromatic carbocycles. The Morgan fingerprint density at radius 2 is 1.76 bits per heavy atom. The van der Waals surface area contributed by atoms with Crippen LogP contribution in [0.3, 0.4) is 0 Å². The molecule has 0 aliphatic heterocycles. The Hall–Kier alpha value is -0.0400. The van der Waals surface area contributed by atoms with Crippen molar-refractivity contribution in [2.45, 2.75) is 57.9 Å². The maximum Gasteiger partial charge on any atom is 0.0129 e. The molecule has 4 aliphatic carbocycles. The average molecular weight is 233 g/mol. The summed E-state index contributed by atoms with van der Waals surface area (Å²) < 4.78 is 0. The predicted octanol–water partition coefficient (Wildman–Crippen LogP) is 3.45. The second-order valence-electron chi connectivity index (χ2n) is 7.24. The molecular weight excluding hydrogens is 206 g/mol. The standard InChI is InChI=1S/C16H27N/c1-2-8-17-16(10-4-3-5-10)15-13-11-6-7-12(9-11)14(13)15/h10-17H,2-9H2,1H3. The van der Waals surface area contributed by atoms with E-state index in [0.717, 1.165) is 29.7 Å². The zero-order chi connectivity index (χ0) is 11.4. The van der Waals surface area contributed by atoms with Crippen LogP contribution in [0, 0.1) is 35.5 Å². The Morgan fingerprint density at radius 1 is 1.06 bits per heavy atom. The number of rotatable bonds is 5. The minimum absolute atomic E-state index is 0.919. The molecule has 0 amide bonds. The summed E-state index contributed by atoms with van der Waals surface area (Å²) in [6.07, 6.45) is 10.6. The lowest BCUT2D eigenvalue weighted by atomic mass is 9.76. The molecule has 5 unspecified atom stereocenters. The van der Waals surface area contributed by atoms with Gasteiger partial charge in [-0.25, -0.2) is 0 Å². The van der Waals surface area contributed by atoms with Gasteiger partial charge in [-0.05, 0) is 80.6 Å². The van der Waals surface area contributed by atoms with Crippen molar-refractivity contribution in [2.24, 2.45) is 35.5 Å². The fourth-order valence-electron chi connectivity index (χ4n) is 5.60. The largest absolute Gasteiger partial charge is 0.313 e. The maximum atomic E-state index is 3.93. The van der Waals surface area contributed by atoms with Crippen LogP contribution < -0.4 is 5.32 Å². The van der Waals surface area contributed by atoms with Gasteiger partial charge in [0.05, 0.1) is 0 Å². The van der Waals surface area contributed by atoms with Gasteiger partial charge >= 0.3 is 0 Å². The van der Waals surface area contributed by atoms with Gasteiger partial charge in [-0.1, -0.05) is 13.3 Å². The van der Waals surface area contributed by atoms with Crippen molar-refractivity contribution in [1.82, 2.24) is 5.32 Å². The van der Waals surface area contributed by atoms with Crippen molar-refractivity contribution in [3.8, 4) is 0 Å². The van der Waals surface area contributed by atoms with E-state index in [1.165, 1.54) is 44.1 Å². The first kappa shape index (κ1) is 10.8. The van der Waals surface area contributed by atoms with E-state index in [0.29, 0.717) is 0 Å². The number of fused-ring (bicyclic) bond motifs is 5. The van der Waals surface area contributed by atoms with Crippen molar-refractivity contribution in [2.75, 3.05) is 6.54 Å². The van der Waals surface area contributed by atoms with Crippen LogP contribution in [-0.2, 0) is 0 Å². The molecule has 5 atom stereocenters. The van der Waals surface area contributed by atoms with Crippen LogP contribution >= 0.6 is 0 Å². The molecule has 96 valence electrons. The number of hydrogen-bond donors (Lipinski definition) is 1. The van der Waals surface area contributed by atoms with Gasteiger partial charge in [-0.2, -0.15) is 0 Å². The van der Waals surface area contributed by atoms with Gasteiger partial charge in [0, 0.05) is 6.04 Å². The van der Waals surface area contributed by atoms with Crippen molar-refractivity contribution in [3.05, 3.63) is 0 Å². The molecule has 0 spiro atoms. The molecule has 0 aromatic heterocycles. The minimum Gasteiger partial charge on any atom is -0.313 e. The molecule has 4 fully saturated rings. The maximum absolute atomic E-state index is 3.93. The Kier molecular flexibility index (Phi) is 2.54. The van der Waals surface area contributed by atoms with E-state index >= 15 is 0 Å². The van der Waals surface area contributed by atoms with Crippen LogP contribution in [0.4, 0.5) is 0 Å². The highest BCUT2D eigenvalue weighted by atomic mass is 15.0. The van der Waals surface area contributed by atoms with E-state index in [1.54, 1.807) is 19.3 Å². The summed E-state index contributed by atoms with van der Waals surface area (Å²) >= 11 is 0. The molecule has 1 nitrogen and oxygen atoms in total. The summed E-state index contributed by atoms with van der Waals surface area (Å²) in [5, 5.41) is 3.93. The second kappa shape index (κ2) is 3.98. The first-order chi connectivity index (χ1) is 8.40. The zero-order valence-electron chi connectivity index (χ0n) is 11.2. The molecule has 1 heteroatoms. The quantitative estimate of drug-likeness (QED) is 0.767. The van der Waals surface area contributed by atoms with Crippen molar-refractivity contribution in [3.63, 3.8) is 0 Å². The van der Waals surface area contributed by atoms with E-state index in [-0.39, 0.29) is 0 Å². The molecule has 0 aromatic rings. The van der Waals surface area contributed by atoms with Gasteiger partial charge in [-0.15, -0.1) is 0 Å². The highest BCUT2D eigenvalue weighted by molar-refractivity contribution is 5.16. The molecule has 0 heterocycles. The molecule has 0 saturated heterocycles. The van der Waals surface area contributed by atoms with Gasteiger partial charge in [0.15, 0.2) is 0 Å². The Labute approximate surface area is 106 Å². The van der Waals surface area contributed by atoms with Crippen LogP contribution in [0.1, 0.15) is 51.9 Å². The lowest BCUT2D eigenvalue weighted by molar-refractivity contribution is 0.189. The summed E-state index contributed by atoms with van der Waals surface area (Å²) in [6, 6.07) is 0.919. The number of hydrogen-bond acceptors (Lipinski definition) is 1. The van der Waals surface area contributed by atoms with Crippen LogP contribution in [0.2, 0.25) is 0 Å². The third kappa shape index (κ3) is 1.54. The van der Waals surface area contributed by atoms with Gasteiger partial charge in [0.1, 0.15) is 0 Å². The molecular formula is C16H27N. The smallest absolute Gasteiger partial charge is 0.0129 e. The predicted molar refractivity (Wildman–Crippen MR) is 70.7 cm³/mol. The second-order valence-corrected chi connectivity index (χ2v) is 7.24. The fourth-order valence-corrected chi connectivity index (χ4v) is 5.60. The topological polar surface area (TPSA) is 12.0 Å². The Balaban J connectivity index is 1.45. The molecule has 1 N–H and O–H groups in total. The minimum atomic E-state index is 0.919. The van der Waals surface area contributed by atoms with Gasteiger partial charge in [-0.3, -0.25) is 0 Å². The summed E-state index contributed by atoms with van der Waals surface area (Å²) in [4.78, 5) is 0. The van der Waals surface area contributed by atoms with E-state index in [2.05, 4.69) is 12.2 Å². The molecule has 4 saturated carbocycles. The molecule has 0 radical (unpaired) electrons. The summed E-state index contributed by atoms with van der Waals surface area (Å²) in [5.74, 6) is 6.81. The van der Waals surface area contributed by atoms with E-state index in [1.807, 2.05) is 0 Å². The Morgan fingerprint density at radius 3 is 2.29 bits per heavy atom. The third-order valence-corrected chi connectivity index (χ3v) is 6.50. The van der Waals surface area contributed by atoms with E-state index < -0.39 is 0 Å². The van der Waals surface area contributed by atoms with Gasteiger partial charge in [0.2, 0.25) is 0 Å². The number of nitrogens with one attached hydrogen (secondary N) is 1. The normalized spacial score (nSPS) is 48.9. The molecule has 4 aliphatic rings. The molecule has 4 rings (SSSR count). The van der Waals surface area contributed by atoms with E-state index in [9.17, 15) is 0 Å². The average Bonchev–Trinajstić information content (AvgIpc) is 2.70. The summed E-state index contributed by atoms with van der Waals surface area (Å²) in [5.41, 5.74) is 0. The first-order valence-electron chi connectivity index (χ1n) is 8.13. The highest BCUT2D eigenvalue weighted by Crippen LogP contribution is 2.71. The lowest BCUT2D eigenvalue weighted by Crippen LogP contribution is -2.43. The molecule has 17 heavy (non-hydrogen) atoms. The zero-order valence-corrected chi connectivity index (χ0v) is 11.2. The fraction of sp³-hybridized carbons (Fsp3) is 1.00. The van der Waals surface area contributed by atoms with Crippen LogP contribution in [0.5, 0.6) is 0 Å². The lowest BCUT2D eigenvalue weighted by Gasteiger charge is -2.36. The highest BCUT2D eigenvalue weighted by Gasteiger charge is 2.67. The van der Waals surface area contributed by atoms with Crippen molar-refractivity contribution >= 4 is 0 Å². The third-order valence-electron chi connectivity index (χ3n) is 6.50. The van der Waals surface area contributed by atoms with Gasteiger partial charge < -0.3 is 5.32 Å². The van der Waals surface area contributed by atoms with Gasteiger partial charge in [0.25, 0.3) is 0 Å². The van der Waals surface area contributed by atoms with Crippen LogP contribution in [0.25, 0.3) is 0 Å². The van der Waals surface area contributed by atoms with Crippen LogP contribution in [-0.4, -0.2) is 12.6 Å². The van der Waals surface area contributed by atoms with Crippen LogP contribution in [0.15, 0.2) is 0 Å². The summed E-state index contributed by atoms with van der Waals surface area (Å²) in [7, 11) is 0. The van der Waals surface area contributed by atoms with Crippen molar-refractivity contribution in [1.29, 1.82) is 0 Å². The Bertz CT molecular complexity index is 280. The van der Waals surface area contributed by atoms with Crippen molar-refractivity contribution < 1.29 is 0 Å². The first-order valence-corrected chi connectivity index (χ1v) is 8.13. The SMILES string of the molecule is CCCNC(C1CCC1)C1C2C3CCC(C3)C21. The monoisotopic (exact) mass is 233 g/mol. The summed E-state index contributed by atoms with van der Waals surface area (Å²) in [6.45, 7) is 3.56.